The summed E-state index contributed by atoms with van der Waals surface area (Å²) in [5.74, 6) is -0.724. The summed E-state index contributed by atoms with van der Waals surface area (Å²) in [4.78, 5) is 0. The standard InChI is InChI=1S/C14H21F2NO/c1-3-11(4-5-18)9-17-10(2)12-6-13(15)8-14(16)7-12/h6-8,10-11,17-18H,3-5,9H2,1-2H3. The van der Waals surface area contributed by atoms with Crippen molar-refractivity contribution in [2.45, 2.75) is 32.7 Å². The number of halogens is 2. The molecule has 0 aliphatic carbocycles. The Hall–Kier alpha value is -1.00. The van der Waals surface area contributed by atoms with E-state index in [2.05, 4.69) is 12.2 Å². The maximum atomic E-state index is 13.1. The van der Waals surface area contributed by atoms with E-state index >= 15 is 0 Å². The molecule has 2 N–H and O–H groups in total. The molecule has 2 atom stereocenters. The average molecular weight is 257 g/mol. The van der Waals surface area contributed by atoms with Crippen molar-refractivity contribution >= 4 is 0 Å². The minimum atomic E-state index is -0.555. The van der Waals surface area contributed by atoms with Crippen molar-refractivity contribution in [3.8, 4) is 0 Å². The molecule has 1 aromatic rings. The molecule has 1 aromatic carbocycles. The number of benzene rings is 1. The Bertz CT molecular complexity index is 351. The zero-order chi connectivity index (χ0) is 13.5. The fourth-order valence-corrected chi connectivity index (χ4v) is 1.92. The van der Waals surface area contributed by atoms with Gasteiger partial charge in [-0.3, -0.25) is 0 Å². The van der Waals surface area contributed by atoms with Crippen LogP contribution >= 0.6 is 0 Å². The maximum absolute atomic E-state index is 13.1. The van der Waals surface area contributed by atoms with E-state index in [0.717, 1.165) is 25.5 Å². The van der Waals surface area contributed by atoms with E-state index in [1.165, 1.54) is 12.1 Å². The second-order valence-corrected chi connectivity index (χ2v) is 4.62. The lowest BCUT2D eigenvalue weighted by Crippen LogP contribution is -2.26. The van der Waals surface area contributed by atoms with Gasteiger partial charge in [-0.25, -0.2) is 8.78 Å². The van der Waals surface area contributed by atoms with Gasteiger partial charge < -0.3 is 10.4 Å². The van der Waals surface area contributed by atoms with Crippen LogP contribution in [0.2, 0.25) is 0 Å². The number of aliphatic hydroxyl groups excluding tert-OH is 1. The van der Waals surface area contributed by atoms with Crippen molar-refractivity contribution < 1.29 is 13.9 Å². The van der Waals surface area contributed by atoms with Gasteiger partial charge in [-0.15, -0.1) is 0 Å². The zero-order valence-electron chi connectivity index (χ0n) is 10.9. The molecule has 0 bridgehead atoms. The molecule has 4 heteroatoms. The second-order valence-electron chi connectivity index (χ2n) is 4.62. The monoisotopic (exact) mass is 257 g/mol. The topological polar surface area (TPSA) is 32.3 Å². The summed E-state index contributed by atoms with van der Waals surface area (Å²) in [6.07, 6.45) is 1.71. The summed E-state index contributed by atoms with van der Waals surface area (Å²) in [6.45, 7) is 4.84. The molecule has 0 radical (unpaired) electrons. The molecule has 2 nitrogen and oxygen atoms in total. The summed E-state index contributed by atoms with van der Waals surface area (Å²) in [6, 6.07) is 3.45. The van der Waals surface area contributed by atoms with E-state index in [4.69, 9.17) is 5.11 Å². The number of hydrogen-bond acceptors (Lipinski definition) is 2. The Morgan fingerprint density at radius 3 is 2.33 bits per heavy atom. The first-order valence-corrected chi connectivity index (χ1v) is 6.37. The molecule has 18 heavy (non-hydrogen) atoms. The van der Waals surface area contributed by atoms with Crippen LogP contribution in [0, 0.1) is 17.6 Å². The van der Waals surface area contributed by atoms with E-state index in [0.29, 0.717) is 11.5 Å². The van der Waals surface area contributed by atoms with Gasteiger partial charge in [0.1, 0.15) is 11.6 Å². The fourth-order valence-electron chi connectivity index (χ4n) is 1.92. The molecule has 0 saturated carbocycles. The molecule has 0 aromatic heterocycles. The maximum Gasteiger partial charge on any atom is 0.126 e. The first-order valence-electron chi connectivity index (χ1n) is 6.37. The summed E-state index contributed by atoms with van der Waals surface area (Å²) in [5, 5.41) is 12.1. The third-order valence-corrected chi connectivity index (χ3v) is 3.21. The summed E-state index contributed by atoms with van der Waals surface area (Å²) < 4.78 is 26.1. The molecule has 2 unspecified atom stereocenters. The van der Waals surface area contributed by atoms with E-state index in [-0.39, 0.29) is 12.6 Å². The first-order chi connectivity index (χ1) is 8.56. The summed E-state index contributed by atoms with van der Waals surface area (Å²) >= 11 is 0. The molecular weight excluding hydrogens is 236 g/mol. The smallest absolute Gasteiger partial charge is 0.126 e. The van der Waals surface area contributed by atoms with Gasteiger partial charge in [-0.05, 0) is 43.5 Å². The normalized spacial score (nSPS) is 14.5. The van der Waals surface area contributed by atoms with Crippen molar-refractivity contribution in [3.63, 3.8) is 0 Å². The van der Waals surface area contributed by atoms with E-state index < -0.39 is 11.6 Å². The van der Waals surface area contributed by atoms with Gasteiger partial charge in [-0.1, -0.05) is 13.3 Å². The Labute approximate surface area is 107 Å². The number of aliphatic hydroxyl groups is 1. The molecule has 0 aliphatic rings. The molecule has 0 heterocycles. The minimum Gasteiger partial charge on any atom is -0.396 e. The summed E-state index contributed by atoms with van der Waals surface area (Å²) in [7, 11) is 0. The van der Waals surface area contributed by atoms with Crippen molar-refractivity contribution in [3.05, 3.63) is 35.4 Å². The van der Waals surface area contributed by atoms with Crippen LogP contribution in [-0.4, -0.2) is 18.3 Å². The van der Waals surface area contributed by atoms with Gasteiger partial charge in [0.15, 0.2) is 0 Å². The predicted octanol–water partition coefficient (Wildman–Crippen LogP) is 3.02. The second kappa shape index (κ2) is 7.44. The number of nitrogens with one attached hydrogen (secondary N) is 1. The van der Waals surface area contributed by atoms with Gasteiger partial charge in [0.05, 0.1) is 0 Å². The number of hydrogen-bond donors (Lipinski definition) is 2. The van der Waals surface area contributed by atoms with Crippen LogP contribution in [0.3, 0.4) is 0 Å². The zero-order valence-corrected chi connectivity index (χ0v) is 10.9. The van der Waals surface area contributed by atoms with Crippen molar-refractivity contribution in [1.82, 2.24) is 5.32 Å². The minimum absolute atomic E-state index is 0.108. The molecule has 0 amide bonds. The third kappa shape index (κ3) is 4.70. The predicted molar refractivity (Wildman–Crippen MR) is 68.3 cm³/mol. The van der Waals surface area contributed by atoms with Crippen LogP contribution in [0.5, 0.6) is 0 Å². The van der Waals surface area contributed by atoms with Gasteiger partial charge >= 0.3 is 0 Å². The van der Waals surface area contributed by atoms with Crippen molar-refractivity contribution in [1.29, 1.82) is 0 Å². The Morgan fingerprint density at radius 1 is 1.22 bits per heavy atom. The average Bonchev–Trinajstić information content (AvgIpc) is 2.32. The number of rotatable bonds is 7. The van der Waals surface area contributed by atoms with Gasteiger partial charge in [0.25, 0.3) is 0 Å². The highest BCUT2D eigenvalue weighted by Gasteiger charge is 2.11. The van der Waals surface area contributed by atoms with Crippen molar-refractivity contribution in [2.75, 3.05) is 13.2 Å². The van der Waals surface area contributed by atoms with Crippen LogP contribution in [0.15, 0.2) is 18.2 Å². The SMILES string of the molecule is CCC(CCO)CNC(C)c1cc(F)cc(F)c1. The highest BCUT2D eigenvalue weighted by molar-refractivity contribution is 5.20. The molecular formula is C14H21F2NO. The molecule has 102 valence electrons. The van der Waals surface area contributed by atoms with Gasteiger partial charge in [-0.2, -0.15) is 0 Å². The van der Waals surface area contributed by atoms with Gasteiger partial charge in [0, 0.05) is 18.7 Å². The quantitative estimate of drug-likeness (QED) is 0.787. The van der Waals surface area contributed by atoms with Crippen molar-refractivity contribution in [2.24, 2.45) is 5.92 Å². The fraction of sp³-hybridized carbons (Fsp3) is 0.571. The first kappa shape index (κ1) is 15.1. The molecule has 0 saturated heterocycles. The highest BCUT2D eigenvalue weighted by Crippen LogP contribution is 2.17. The molecule has 0 fully saturated rings. The van der Waals surface area contributed by atoms with E-state index in [1.807, 2.05) is 6.92 Å². The Morgan fingerprint density at radius 2 is 1.83 bits per heavy atom. The van der Waals surface area contributed by atoms with Crippen LogP contribution in [0.25, 0.3) is 0 Å². The molecule has 0 spiro atoms. The Kier molecular flexibility index (Phi) is 6.22. The van der Waals surface area contributed by atoms with Crippen LogP contribution < -0.4 is 5.32 Å². The van der Waals surface area contributed by atoms with E-state index in [9.17, 15) is 8.78 Å². The van der Waals surface area contributed by atoms with Crippen LogP contribution in [0.1, 0.15) is 38.3 Å². The van der Waals surface area contributed by atoms with Crippen LogP contribution in [-0.2, 0) is 0 Å². The Balaban J connectivity index is 2.56. The van der Waals surface area contributed by atoms with Gasteiger partial charge in [0.2, 0.25) is 0 Å². The lowest BCUT2D eigenvalue weighted by atomic mass is 10.0. The third-order valence-electron chi connectivity index (χ3n) is 3.21. The lowest BCUT2D eigenvalue weighted by molar-refractivity contribution is 0.249. The summed E-state index contributed by atoms with van der Waals surface area (Å²) in [5.41, 5.74) is 0.603. The lowest BCUT2D eigenvalue weighted by Gasteiger charge is -2.19. The van der Waals surface area contributed by atoms with E-state index in [1.54, 1.807) is 0 Å². The molecule has 1 rings (SSSR count). The van der Waals surface area contributed by atoms with Crippen LogP contribution in [0.4, 0.5) is 8.78 Å². The highest BCUT2D eigenvalue weighted by atomic mass is 19.1. The molecule has 0 aliphatic heterocycles. The largest absolute Gasteiger partial charge is 0.396 e.